The van der Waals surface area contributed by atoms with Gasteiger partial charge in [0.2, 0.25) is 0 Å². The first kappa shape index (κ1) is 6.35. The van der Waals surface area contributed by atoms with Crippen LogP contribution in [-0.2, 0) is 0 Å². The molecule has 0 fully saturated rings. The van der Waals surface area contributed by atoms with Gasteiger partial charge in [-0.1, -0.05) is 24.3 Å². The van der Waals surface area contributed by atoms with Gasteiger partial charge in [0.1, 0.15) is 0 Å². The lowest BCUT2D eigenvalue weighted by atomic mass is 10.1. The molecular formula is C10H8N. The molecule has 2 rings (SSSR count). The van der Waals surface area contributed by atoms with E-state index in [2.05, 4.69) is 17.1 Å². The van der Waals surface area contributed by atoms with Crippen molar-refractivity contribution in [2.45, 2.75) is 6.92 Å². The quantitative estimate of drug-likeness (QED) is 0.550. The molecule has 1 heterocycles. The second-order valence-corrected chi connectivity index (χ2v) is 2.53. The molecule has 53 valence electrons. The van der Waals surface area contributed by atoms with E-state index >= 15 is 0 Å². The fourth-order valence-electron chi connectivity index (χ4n) is 1.19. The molecule has 1 heteroatoms. The molecule has 0 amide bonds. The van der Waals surface area contributed by atoms with E-state index in [4.69, 9.17) is 0 Å². The number of hydrogen-bond acceptors (Lipinski definition) is 1. The summed E-state index contributed by atoms with van der Waals surface area (Å²) in [6, 6.07) is 11.2. The highest BCUT2D eigenvalue weighted by Crippen LogP contribution is 2.13. The smallest absolute Gasteiger partial charge is 0.0451 e. The highest BCUT2D eigenvalue weighted by atomic mass is 14.7. The Morgan fingerprint density at radius 1 is 1.27 bits per heavy atom. The molecule has 0 saturated heterocycles. The Balaban J connectivity index is 2.91. The maximum Gasteiger partial charge on any atom is 0.0451 e. The third-order valence-electron chi connectivity index (χ3n) is 1.80. The van der Waals surface area contributed by atoms with Crippen molar-refractivity contribution in [2.75, 3.05) is 0 Å². The third kappa shape index (κ3) is 0.984. The van der Waals surface area contributed by atoms with Crippen LogP contribution in [0, 0.1) is 13.0 Å². The average molecular weight is 142 g/mol. The van der Waals surface area contributed by atoms with E-state index in [0.29, 0.717) is 0 Å². The summed E-state index contributed by atoms with van der Waals surface area (Å²) in [6.07, 6.45) is 1.72. The lowest BCUT2D eigenvalue weighted by Gasteiger charge is -1.97. The van der Waals surface area contributed by atoms with Crippen molar-refractivity contribution >= 4 is 10.8 Å². The molecular weight excluding hydrogens is 134 g/mol. The van der Waals surface area contributed by atoms with Crippen LogP contribution in [0.3, 0.4) is 0 Å². The highest BCUT2D eigenvalue weighted by molar-refractivity contribution is 5.83. The van der Waals surface area contributed by atoms with Crippen molar-refractivity contribution in [3.05, 3.63) is 42.2 Å². The zero-order valence-electron chi connectivity index (χ0n) is 6.33. The van der Waals surface area contributed by atoms with Crippen LogP contribution in [0.25, 0.3) is 10.8 Å². The molecule has 0 spiro atoms. The first-order valence-corrected chi connectivity index (χ1v) is 3.60. The largest absolute Gasteiger partial charge is 0.260 e. The van der Waals surface area contributed by atoms with Gasteiger partial charge in [0.05, 0.1) is 0 Å². The lowest BCUT2D eigenvalue weighted by Crippen LogP contribution is -1.81. The molecule has 0 atom stereocenters. The van der Waals surface area contributed by atoms with Gasteiger partial charge in [-0.15, -0.1) is 0 Å². The maximum atomic E-state index is 4.15. The van der Waals surface area contributed by atoms with Crippen LogP contribution in [0.2, 0.25) is 0 Å². The summed E-state index contributed by atoms with van der Waals surface area (Å²) in [6.45, 7) is 2.01. The molecule has 0 unspecified atom stereocenters. The summed E-state index contributed by atoms with van der Waals surface area (Å²) in [5.41, 5.74) is 1.07. The molecule has 0 bridgehead atoms. The first-order chi connectivity index (χ1) is 5.38. The van der Waals surface area contributed by atoms with Crippen LogP contribution < -0.4 is 0 Å². The molecule has 1 aromatic carbocycles. The summed E-state index contributed by atoms with van der Waals surface area (Å²) < 4.78 is 0. The van der Waals surface area contributed by atoms with Crippen molar-refractivity contribution < 1.29 is 0 Å². The van der Waals surface area contributed by atoms with Crippen molar-refractivity contribution in [1.82, 2.24) is 4.98 Å². The van der Waals surface area contributed by atoms with E-state index in [0.717, 1.165) is 11.1 Å². The number of benzene rings is 1. The average Bonchev–Trinajstić information content (AvgIpc) is 2.06. The summed E-state index contributed by atoms with van der Waals surface area (Å²) in [7, 11) is 0. The van der Waals surface area contributed by atoms with Gasteiger partial charge < -0.3 is 0 Å². The third-order valence-corrected chi connectivity index (χ3v) is 1.80. The fraction of sp³-hybridized carbons (Fsp3) is 0.100. The van der Waals surface area contributed by atoms with Crippen molar-refractivity contribution in [3.8, 4) is 0 Å². The second-order valence-electron chi connectivity index (χ2n) is 2.53. The van der Waals surface area contributed by atoms with Gasteiger partial charge in [0.25, 0.3) is 0 Å². The minimum Gasteiger partial charge on any atom is -0.260 e. The Morgan fingerprint density at radius 3 is 2.91 bits per heavy atom. The SMILES string of the molecule is Cc1nc[c]c2ccccc12. The zero-order chi connectivity index (χ0) is 7.68. The van der Waals surface area contributed by atoms with Crippen molar-refractivity contribution in [3.63, 3.8) is 0 Å². The van der Waals surface area contributed by atoms with E-state index < -0.39 is 0 Å². The van der Waals surface area contributed by atoms with E-state index in [1.807, 2.05) is 25.1 Å². The molecule has 1 nitrogen and oxygen atoms in total. The number of fused-ring (bicyclic) bond motifs is 1. The first-order valence-electron chi connectivity index (χ1n) is 3.60. The number of aryl methyl sites for hydroxylation is 1. The standard InChI is InChI=1S/C10H8N/c1-8-10-5-3-2-4-9(10)6-7-11-8/h2-5,7H,1H3. The molecule has 0 N–H and O–H groups in total. The normalized spacial score (nSPS) is 10.3. The molecule has 0 aliphatic carbocycles. The van der Waals surface area contributed by atoms with Gasteiger partial charge >= 0.3 is 0 Å². The van der Waals surface area contributed by atoms with Crippen LogP contribution in [0.15, 0.2) is 30.5 Å². The van der Waals surface area contributed by atoms with Gasteiger partial charge in [0.15, 0.2) is 0 Å². The van der Waals surface area contributed by atoms with Gasteiger partial charge in [-0.05, 0) is 12.3 Å². The molecule has 11 heavy (non-hydrogen) atoms. The van der Waals surface area contributed by atoms with E-state index in [-0.39, 0.29) is 0 Å². The topological polar surface area (TPSA) is 12.9 Å². The number of aromatic nitrogens is 1. The fourth-order valence-corrected chi connectivity index (χ4v) is 1.19. The minimum atomic E-state index is 1.07. The Bertz CT molecular complexity index is 374. The highest BCUT2D eigenvalue weighted by Gasteiger charge is 1.93. The molecule has 0 aliphatic heterocycles. The van der Waals surface area contributed by atoms with Gasteiger partial charge in [-0.2, -0.15) is 0 Å². The van der Waals surface area contributed by atoms with Gasteiger partial charge in [-0.25, -0.2) is 0 Å². The number of hydrogen-bond donors (Lipinski definition) is 0. The molecule has 1 radical (unpaired) electrons. The van der Waals surface area contributed by atoms with Gasteiger partial charge in [0, 0.05) is 23.3 Å². The van der Waals surface area contributed by atoms with E-state index in [1.165, 1.54) is 5.39 Å². The van der Waals surface area contributed by atoms with Crippen LogP contribution in [-0.4, -0.2) is 4.98 Å². The molecule has 0 saturated carbocycles. The Hall–Kier alpha value is -1.37. The van der Waals surface area contributed by atoms with Gasteiger partial charge in [-0.3, -0.25) is 4.98 Å². The van der Waals surface area contributed by atoms with E-state index in [9.17, 15) is 0 Å². The maximum absolute atomic E-state index is 4.15. The van der Waals surface area contributed by atoms with Crippen molar-refractivity contribution in [1.29, 1.82) is 0 Å². The minimum absolute atomic E-state index is 1.07. The number of nitrogens with zero attached hydrogens (tertiary/aromatic N) is 1. The monoisotopic (exact) mass is 142 g/mol. The summed E-state index contributed by atoms with van der Waals surface area (Å²) >= 11 is 0. The number of pyridine rings is 1. The zero-order valence-corrected chi connectivity index (χ0v) is 6.33. The molecule has 0 aliphatic rings. The summed E-state index contributed by atoms with van der Waals surface area (Å²) in [5, 5.41) is 2.33. The molecule has 1 aromatic heterocycles. The molecule has 2 aromatic rings. The van der Waals surface area contributed by atoms with Crippen LogP contribution in [0.5, 0.6) is 0 Å². The lowest BCUT2D eigenvalue weighted by molar-refractivity contribution is 1.23. The van der Waals surface area contributed by atoms with Crippen LogP contribution in [0.4, 0.5) is 0 Å². The number of rotatable bonds is 0. The Labute approximate surface area is 65.7 Å². The van der Waals surface area contributed by atoms with Crippen LogP contribution in [0.1, 0.15) is 5.69 Å². The predicted octanol–water partition coefficient (Wildman–Crippen LogP) is 2.34. The second kappa shape index (κ2) is 2.35. The Kier molecular flexibility index (Phi) is 1.35. The summed E-state index contributed by atoms with van der Waals surface area (Å²) in [5.74, 6) is 0. The predicted molar refractivity (Wildman–Crippen MR) is 45.3 cm³/mol. The summed E-state index contributed by atoms with van der Waals surface area (Å²) in [4.78, 5) is 4.15. The van der Waals surface area contributed by atoms with Crippen molar-refractivity contribution in [2.24, 2.45) is 0 Å². The van der Waals surface area contributed by atoms with E-state index in [1.54, 1.807) is 6.20 Å². The Morgan fingerprint density at radius 2 is 2.09 bits per heavy atom. The van der Waals surface area contributed by atoms with Crippen LogP contribution >= 0.6 is 0 Å².